The van der Waals surface area contributed by atoms with Crippen LogP contribution in [-0.2, 0) is 0 Å². The van der Waals surface area contributed by atoms with Gasteiger partial charge in [-0.1, -0.05) is 25.7 Å². The van der Waals surface area contributed by atoms with Gasteiger partial charge in [-0.25, -0.2) is 0 Å². The molecule has 0 radical (unpaired) electrons. The molecule has 0 amide bonds. The summed E-state index contributed by atoms with van der Waals surface area (Å²) in [4.78, 5) is 7.56. The molecule has 2 unspecified atom stereocenters. The summed E-state index contributed by atoms with van der Waals surface area (Å²) >= 11 is 0. The van der Waals surface area contributed by atoms with Crippen LogP contribution in [0.25, 0.3) is 0 Å². The van der Waals surface area contributed by atoms with Crippen LogP contribution in [0.15, 0.2) is 0 Å². The Kier molecular flexibility index (Phi) is 6.75. The van der Waals surface area contributed by atoms with Crippen molar-refractivity contribution in [1.82, 2.24) is 14.7 Å². The Hall–Kier alpha value is -0.160. The monoisotopic (exact) mass is 282 g/mol. The first-order valence-corrected chi connectivity index (χ1v) is 8.53. The van der Waals surface area contributed by atoms with Crippen LogP contribution >= 0.6 is 0 Å². The maximum Gasteiger partial charge on any atom is 0.0248 e. The highest BCUT2D eigenvalue weighted by molar-refractivity contribution is 4.86. The number of hydrogen-bond donors (Lipinski definition) is 1. The molecule has 0 aromatic rings. The summed E-state index contributed by atoms with van der Waals surface area (Å²) in [5.41, 5.74) is 6.45. The van der Waals surface area contributed by atoms with E-state index >= 15 is 0 Å². The van der Waals surface area contributed by atoms with Gasteiger partial charge in [0.05, 0.1) is 0 Å². The van der Waals surface area contributed by atoms with Crippen LogP contribution in [-0.4, -0.2) is 80.1 Å². The largest absolute Gasteiger partial charge is 0.326 e. The average molecular weight is 282 g/mol. The molecule has 20 heavy (non-hydrogen) atoms. The fourth-order valence-corrected chi connectivity index (χ4v) is 3.61. The molecule has 1 aliphatic heterocycles. The van der Waals surface area contributed by atoms with E-state index in [-0.39, 0.29) is 0 Å². The Balaban J connectivity index is 1.76. The van der Waals surface area contributed by atoms with Crippen LogP contribution in [0.3, 0.4) is 0 Å². The van der Waals surface area contributed by atoms with Crippen LogP contribution in [0.2, 0.25) is 0 Å². The fraction of sp³-hybridized carbons (Fsp3) is 1.00. The summed E-state index contributed by atoms with van der Waals surface area (Å²) < 4.78 is 0. The maximum atomic E-state index is 6.45. The molecule has 4 heteroatoms. The molecule has 0 aromatic carbocycles. The second-order valence-corrected chi connectivity index (χ2v) is 6.90. The Morgan fingerprint density at radius 3 is 2.25 bits per heavy atom. The minimum atomic E-state index is 0.406. The van der Waals surface area contributed by atoms with Crippen molar-refractivity contribution in [2.75, 3.05) is 53.4 Å². The highest BCUT2D eigenvalue weighted by Gasteiger charge is 2.28. The summed E-state index contributed by atoms with van der Waals surface area (Å²) in [6.07, 6.45) is 8.05. The molecular formula is C16H34N4. The molecule has 4 nitrogen and oxygen atoms in total. The molecular weight excluding hydrogens is 248 g/mol. The third kappa shape index (κ3) is 4.99. The van der Waals surface area contributed by atoms with E-state index in [9.17, 15) is 0 Å². The minimum absolute atomic E-state index is 0.406. The predicted molar refractivity (Wildman–Crippen MR) is 86.0 cm³/mol. The van der Waals surface area contributed by atoms with Gasteiger partial charge in [0.1, 0.15) is 0 Å². The first kappa shape index (κ1) is 16.2. The highest BCUT2D eigenvalue weighted by Crippen LogP contribution is 2.21. The Morgan fingerprint density at radius 1 is 0.950 bits per heavy atom. The van der Waals surface area contributed by atoms with E-state index in [2.05, 4.69) is 28.8 Å². The van der Waals surface area contributed by atoms with Crippen molar-refractivity contribution >= 4 is 0 Å². The lowest BCUT2D eigenvalue weighted by atomic mass is 9.91. The summed E-state index contributed by atoms with van der Waals surface area (Å²) in [7, 11) is 4.31. The van der Waals surface area contributed by atoms with Crippen molar-refractivity contribution in [2.24, 2.45) is 5.73 Å². The van der Waals surface area contributed by atoms with E-state index in [1.807, 2.05) is 0 Å². The van der Waals surface area contributed by atoms with Crippen molar-refractivity contribution in [2.45, 2.75) is 50.6 Å². The molecule has 0 spiro atoms. The third-order valence-corrected chi connectivity index (χ3v) is 5.02. The molecule has 2 atom stereocenters. The topological polar surface area (TPSA) is 35.7 Å². The quantitative estimate of drug-likeness (QED) is 0.841. The highest BCUT2D eigenvalue weighted by atomic mass is 15.3. The van der Waals surface area contributed by atoms with Crippen molar-refractivity contribution < 1.29 is 0 Å². The number of nitrogens with zero attached hydrogens (tertiary/aromatic N) is 3. The van der Waals surface area contributed by atoms with E-state index in [0.717, 1.165) is 0 Å². The van der Waals surface area contributed by atoms with Crippen LogP contribution in [0.4, 0.5) is 0 Å². The Morgan fingerprint density at radius 2 is 1.60 bits per heavy atom. The molecule has 2 aliphatic rings. The molecule has 1 heterocycles. The second-order valence-electron chi connectivity index (χ2n) is 6.90. The van der Waals surface area contributed by atoms with E-state index < -0.39 is 0 Å². The lowest BCUT2D eigenvalue weighted by Crippen LogP contribution is -2.56. The average Bonchev–Trinajstić information content (AvgIpc) is 2.42. The molecule has 0 aromatic heterocycles. The summed E-state index contributed by atoms with van der Waals surface area (Å²) in [6, 6.07) is 1.05. The molecule has 0 bridgehead atoms. The SMILES string of the molecule is CN(C)CCN1CCN(C2CCCCCCC2N)CC1. The van der Waals surface area contributed by atoms with Gasteiger partial charge in [-0.2, -0.15) is 0 Å². The Bertz CT molecular complexity index is 261. The minimum Gasteiger partial charge on any atom is -0.326 e. The van der Waals surface area contributed by atoms with Crippen LogP contribution in [0.1, 0.15) is 38.5 Å². The first-order valence-electron chi connectivity index (χ1n) is 8.53. The van der Waals surface area contributed by atoms with E-state index in [1.54, 1.807) is 0 Å². The molecule has 1 aliphatic carbocycles. The lowest BCUT2D eigenvalue weighted by Gasteiger charge is -2.42. The van der Waals surface area contributed by atoms with Crippen molar-refractivity contribution in [3.05, 3.63) is 0 Å². The molecule has 1 saturated carbocycles. The number of nitrogens with two attached hydrogens (primary N) is 1. The fourth-order valence-electron chi connectivity index (χ4n) is 3.61. The van der Waals surface area contributed by atoms with Gasteiger partial charge in [-0.3, -0.25) is 9.80 Å². The number of likely N-dealkylation sites (N-methyl/N-ethyl adjacent to an activating group) is 1. The number of hydrogen-bond acceptors (Lipinski definition) is 4. The van der Waals surface area contributed by atoms with Crippen LogP contribution in [0, 0.1) is 0 Å². The van der Waals surface area contributed by atoms with Crippen LogP contribution in [0.5, 0.6) is 0 Å². The smallest absolute Gasteiger partial charge is 0.0248 e. The molecule has 118 valence electrons. The summed E-state index contributed by atoms with van der Waals surface area (Å²) in [5, 5.41) is 0. The van der Waals surface area contributed by atoms with E-state index in [0.29, 0.717) is 12.1 Å². The van der Waals surface area contributed by atoms with Gasteiger partial charge in [0.15, 0.2) is 0 Å². The van der Waals surface area contributed by atoms with Gasteiger partial charge in [0.25, 0.3) is 0 Å². The zero-order valence-corrected chi connectivity index (χ0v) is 13.6. The van der Waals surface area contributed by atoms with Crippen molar-refractivity contribution in [3.8, 4) is 0 Å². The summed E-state index contributed by atoms with van der Waals surface area (Å²) in [6.45, 7) is 7.24. The molecule has 2 N–H and O–H groups in total. The van der Waals surface area contributed by atoms with Crippen molar-refractivity contribution in [1.29, 1.82) is 0 Å². The zero-order valence-electron chi connectivity index (χ0n) is 13.6. The first-order chi connectivity index (χ1) is 9.66. The van der Waals surface area contributed by atoms with Gasteiger partial charge in [0, 0.05) is 51.4 Å². The Labute approximate surface area is 125 Å². The normalized spacial score (nSPS) is 31.2. The lowest BCUT2D eigenvalue weighted by molar-refractivity contribution is 0.0721. The molecule has 1 saturated heterocycles. The number of piperazine rings is 1. The maximum absolute atomic E-state index is 6.45. The van der Waals surface area contributed by atoms with Gasteiger partial charge in [0.2, 0.25) is 0 Å². The zero-order chi connectivity index (χ0) is 14.4. The van der Waals surface area contributed by atoms with Gasteiger partial charge >= 0.3 is 0 Å². The van der Waals surface area contributed by atoms with Gasteiger partial charge in [-0.15, -0.1) is 0 Å². The second kappa shape index (κ2) is 8.32. The third-order valence-electron chi connectivity index (χ3n) is 5.02. The van der Waals surface area contributed by atoms with E-state index in [1.165, 1.54) is 77.8 Å². The van der Waals surface area contributed by atoms with Gasteiger partial charge < -0.3 is 10.6 Å². The van der Waals surface area contributed by atoms with Gasteiger partial charge in [-0.05, 0) is 26.9 Å². The van der Waals surface area contributed by atoms with Crippen molar-refractivity contribution in [3.63, 3.8) is 0 Å². The van der Waals surface area contributed by atoms with E-state index in [4.69, 9.17) is 5.73 Å². The van der Waals surface area contributed by atoms with Crippen LogP contribution < -0.4 is 5.73 Å². The predicted octanol–water partition coefficient (Wildman–Crippen LogP) is 1.22. The standard InChI is InChI=1S/C16H34N4/c1-18(2)9-10-19-11-13-20(14-12-19)16-8-6-4-3-5-7-15(16)17/h15-16H,3-14,17H2,1-2H3. The molecule has 2 fully saturated rings. The summed E-state index contributed by atoms with van der Waals surface area (Å²) in [5.74, 6) is 0. The molecule has 2 rings (SSSR count). The number of rotatable bonds is 4.